The van der Waals surface area contributed by atoms with Crippen LogP contribution < -0.4 is 4.31 Å². The van der Waals surface area contributed by atoms with E-state index in [1.807, 2.05) is 6.08 Å². The summed E-state index contributed by atoms with van der Waals surface area (Å²) in [6.45, 7) is 0.216. The van der Waals surface area contributed by atoms with Gasteiger partial charge in [-0.1, -0.05) is 28.9 Å². The summed E-state index contributed by atoms with van der Waals surface area (Å²) in [5.41, 5.74) is 9.05. The Labute approximate surface area is 145 Å². The minimum absolute atomic E-state index is 0.0524. The van der Waals surface area contributed by atoms with Crippen molar-refractivity contribution in [3.63, 3.8) is 0 Å². The zero-order valence-electron chi connectivity index (χ0n) is 13.8. The van der Waals surface area contributed by atoms with Crippen molar-refractivity contribution < 1.29 is 13.3 Å². The van der Waals surface area contributed by atoms with Crippen LogP contribution in [0, 0.1) is 10.1 Å². The number of allylic oxidation sites excluding steroid dienone is 1. The number of sulfonamides is 1. The van der Waals surface area contributed by atoms with E-state index in [9.17, 15) is 18.5 Å². The lowest BCUT2D eigenvalue weighted by molar-refractivity contribution is -0.384. The number of nitro benzene ring substituents is 1. The molecule has 1 aromatic rings. The highest BCUT2D eigenvalue weighted by atomic mass is 32.2. The average Bonchev–Trinajstić information content (AvgIpc) is 2.56. The second-order valence-electron chi connectivity index (χ2n) is 5.73. The highest BCUT2D eigenvalue weighted by Crippen LogP contribution is 2.36. The quantitative estimate of drug-likeness (QED) is 0.183. The standard InChI is InChI=1S/C15H19N5O4S/c1-25(23,24)19(14-8-4-5-9-15(14)20(21)22)13-7-3-2-6-12(13)10-11-17-18-16/h4-6,8-9,13H,2-3,7,10-11H2,1H3. The molecule has 0 amide bonds. The van der Waals surface area contributed by atoms with Crippen molar-refractivity contribution in [2.75, 3.05) is 17.1 Å². The number of hydrogen-bond donors (Lipinski definition) is 0. The Morgan fingerprint density at radius 2 is 2.16 bits per heavy atom. The van der Waals surface area contributed by atoms with Crippen LogP contribution in [-0.2, 0) is 10.0 Å². The van der Waals surface area contributed by atoms with Crippen molar-refractivity contribution in [2.45, 2.75) is 31.7 Å². The first-order valence-electron chi connectivity index (χ1n) is 7.79. The fraction of sp³-hybridized carbons (Fsp3) is 0.467. The monoisotopic (exact) mass is 365 g/mol. The summed E-state index contributed by atoms with van der Waals surface area (Å²) in [5.74, 6) is 0. The SMILES string of the molecule is CS(=O)(=O)N(c1ccccc1[N+](=O)[O-])C1CCCC=C1CCN=[N+]=[N-]. The molecule has 0 saturated heterocycles. The molecular formula is C15H19N5O4S. The summed E-state index contributed by atoms with van der Waals surface area (Å²) >= 11 is 0. The van der Waals surface area contributed by atoms with Gasteiger partial charge in [-0.05, 0) is 37.3 Å². The fourth-order valence-corrected chi connectivity index (χ4v) is 4.28. The fourth-order valence-electron chi connectivity index (χ4n) is 3.06. The van der Waals surface area contributed by atoms with Gasteiger partial charge in [-0.3, -0.25) is 14.4 Å². The molecular weight excluding hydrogens is 346 g/mol. The lowest BCUT2D eigenvalue weighted by atomic mass is 9.91. The molecule has 0 radical (unpaired) electrons. The first-order valence-corrected chi connectivity index (χ1v) is 9.63. The van der Waals surface area contributed by atoms with Crippen molar-refractivity contribution in [3.8, 4) is 0 Å². The molecule has 0 N–H and O–H groups in total. The first-order chi connectivity index (χ1) is 11.9. The molecule has 2 rings (SSSR count). The van der Waals surface area contributed by atoms with Crippen LogP contribution in [0.4, 0.5) is 11.4 Å². The van der Waals surface area contributed by atoms with Crippen LogP contribution in [0.2, 0.25) is 0 Å². The van der Waals surface area contributed by atoms with Crippen LogP contribution in [0.1, 0.15) is 25.7 Å². The maximum Gasteiger partial charge on any atom is 0.293 e. The summed E-state index contributed by atoms with van der Waals surface area (Å²) in [5, 5.41) is 14.8. The van der Waals surface area contributed by atoms with Crippen LogP contribution >= 0.6 is 0 Å². The molecule has 1 aromatic carbocycles. The third-order valence-electron chi connectivity index (χ3n) is 4.04. The zero-order chi connectivity index (χ0) is 18.4. The maximum atomic E-state index is 12.5. The van der Waals surface area contributed by atoms with Gasteiger partial charge in [0.2, 0.25) is 10.0 Å². The number of nitro groups is 1. The molecule has 10 heteroatoms. The van der Waals surface area contributed by atoms with Crippen LogP contribution in [0.25, 0.3) is 10.4 Å². The topological polar surface area (TPSA) is 129 Å². The van der Waals surface area contributed by atoms with Gasteiger partial charge >= 0.3 is 0 Å². The van der Waals surface area contributed by atoms with Crippen molar-refractivity contribution in [2.24, 2.45) is 5.11 Å². The van der Waals surface area contributed by atoms with E-state index in [4.69, 9.17) is 5.53 Å². The van der Waals surface area contributed by atoms with E-state index in [0.717, 1.165) is 29.0 Å². The Morgan fingerprint density at radius 3 is 2.80 bits per heavy atom. The van der Waals surface area contributed by atoms with Gasteiger partial charge in [-0.25, -0.2) is 8.42 Å². The molecule has 0 heterocycles. The maximum absolute atomic E-state index is 12.5. The molecule has 0 fully saturated rings. The third kappa shape index (κ3) is 4.49. The second-order valence-corrected chi connectivity index (χ2v) is 7.59. The van der Waals surface area contributed by atoms with E-state index < -0.39 is 21.0 Å². The smallest absolute Gasteiger partial charge is 0.258 e. The minimum Gasteiger partial charge on any atom is -0.258 e. The van der Waals surface area contributed by atoms with E-state index in [1.54, 1.807) is 6.07 Å². The number of para-hydroxylation sites is 2. The van der Waals surface area contributed by atoms with Crippen molar-refractivity contribution >= 4 is 21.4 Å². The lowest BCUT2D eigenvalue weighted by Crippen LogP contribution is -2.42. The van der Waals surface area contributed by atoms with Crippen LogP contribution in [0.5, 0.6) is 0 Å². The third-order valence-corrected chi connectivity index (χ3v) is 5.20. The van der Waals surface area contributed by atoms with Crippen LogP contribution in [0.3, 0.4) is 0 Å². The van der Waals surface area contributed by atoms with E-state index in [-0.39, 0.29) is 17.9 Å². The van der Waals surface area contributed by atoms with Gasteiger partial charge in [0.25, 0.3) is 5.69 Å². The molecule has 1 aliphatic carbocycles. The molecule has 0 aliphatic heterocycles. The molecule has 1 aliphatic rings. The largest absolute Gasteiger partial charge is 0.293 e. The van der Waals surface area contributed by atoms with Gasteiger partial charge in [0.05, 0.1) is 17.2 Å². The van der Waals surface area contributed by atoms with Gasteiger partial charge in [-0.2, -0.15) is 0 Å². The Bertz CT molecular complexity index is 830. The summed E-state index contributed by atoms with van der Waals surface area (Å²) in [6, 6.07) is 5.30. The Kier molecular flexibility index (Phi) is 6.00. The molecule has 25 heavy (non-hydrogen) atoms. The second kappa shape index (κ2) is 8.00. The number of hydrogen-bond acceptors (Lipinski definition) is 5. The van der Waals surface area contributed by atoms with Gasteiger partial charge < -0.3 is 0 Å². The van der Waals surface area contributed by atoms with Crippen LogP contribution in [-0.4, -0.2) is 32.2 Å². The number of rotatable bonds is 7. The molecule has 0 bridgehead atoms. The van der Waals surface area contributed by atoms with Crippen molar-refractivity contribution in [3.05, 3.63) is 56.5 Å². The molecule has 134 valence electrons. The first kappa shape index (κ1) is 18.8. The van der Waals surface area contributed by atoms with E-state index in [1.165, 1.54) is 18.2 Å². The Hall–Kier alpha value is -2.58. The molecule has 0 spiro atoms. The van der Waals surface area contributed by atoms with Gasteiger partial charge in [0.15, 0.2) is 0 Å². The van der Waals surface area contributed by atoms with Gasteiger partial charge in [-0.15, -0.1) is 0 Å². The number of benzene rings is 1. The highest BCUT2D eigenvalue weighted by molar-refractivity contribution is 7.92. The van der Waals surface area contributed by atoms with E-state index in [2.05, 4.69) is 10.0 Å². The minimum atomic E-state index is -3.75. The summed E-state index contributed by atoms with van der Waals surface area (Å²) in [6.07, 6.45) is 5.54. The van der Waals surface area contributed by atoms with Crippen molar-refractivity contribution in [1.29, 1.82) is 0 Å². The van der Waals surface area contributed by atoms with Gasteiger partial charge in [0, 0.05) is 17.5 Å². The van der Waals surface area contributed by atoms with Crippen LogP contribution in [0.15, 0.2) is 41.0 Å². The van der Waals surface area contributed by atoms with E-state index >= 15 is 0 Å². The predicted octanol–water partition coefficient (Wildman–Crippen LogP) is 3.54. The molecule has 0 aromatic heterocycles. The molecule has 9 nitrogen and oxygen atoms in total. The molecule has 1 atom stereocenters. The van der Waals surface area contributed by atoms with Crippen molar-refractivity contribution in [1.82, 2.24) is 0 Å². The summed E-state index contributed by atoms with van der Waals surface area (Å²) in [4.78, 5) is 13.5. The summed E-state index contributed by atoms with van der Waals surface area (Å²) < 4.78 is 26.1. The number of azide groups is 1. The molecule has 0 saturated carbocycles. The number of nitrogens with zero attached hydrogens (tertiary/aromatic N) is 5. The highest BCUT2D eigenvalue weighted by Gasteiger charge is 2.34. The normalized spacial score (nSPS) is 17.3. The average molecular weight is 365 g/mol. The van der Waals surface area contributed by atoms with E-state index in [0.29, 0.717) is 12.8 Å². The predicted molar refractivity (Wildman–Crippen MR) is 94.8 cm³/mol. The summed E-state index contributed by atoms with van der Waals surface area (Å²) in [7, 11) is -3.75. The Balaban J connectivity index is 2.51. The lowest BCUT2D eigenvalue weighted by Gasteiger charge is -2.35. The zero-order valence-corrected chi connectivity index (χ0v) is 14.6. The Morgan fingerprint density at radius 1 is 1.44 bits per heavy atom. The number of anilines is 1. The molecule has 1 unspecified atom stereocenters. The van der Waals surface area contributed by atoms with Gasteiger partial charge in [0.1, 0.15) is 5.69 Å².